The molecule has 0 atom stereocenters. The highest BCUT2D eigenvalue weighted by Gasteiger charge is 2.23. The summed E-state index contributed by atoms with van der Waals surface area (Å²) in [6.45, 7) is 3.93. The molecule has 6 rings (SSSR count). The van der Waals surface area contributed by atoms with E-state index in [1.807, 2.05) is 24.3 Å². The second-order valence-electron chi connectivity index (χ2n) is 9.51. The number of nitrogens with zero attached hydrogens (tertiary/aromatic N) is 6. The summed E-state index contributed by atoms with van der Waals surface area (Å²) in [7, 11) is 2.14. The molecule has 35 heavy (non-hydrogen) atoms. The monoisotopic (exact) mass is 469 g/mol. The molecule has 0 radical (unpaired) electrons. The molecule has 0 bridgehead atoms. The predicted octanol–water partition coefficient (Wildman–Crippen LogP) is 4.02. The Kier molecular flexibility index (Phi) is 5.38. The second kappa shape index (κ2) is 8.71. The summed E-state index contributed by atoms with van der Waals surface area (Å²) >= 11 is 0. The van der Waals surface area contributed by atoms with Crippen molar-refractivity contribution in [2.45, 2.75) is 31.7 Å². The number of hydrogen-bond donors (Lipinski definition) is 1. The molecule has 3 aromatic heterocycles. The van der Waals surface area contributed by atoms with Crippen LogP contribution in [0.4, 0.5) is 17.5 Å². The van der Waals surface area contributed by atoms with E-state index in [9.17, 15) is 10.1 Å². The van der Waals surface area contributed by atoms with Gasteiger partial charge in [-0.1, -0.05) is 12.8 Å². The number of nitriles is 1. The van der Waals surface area contributed by atoms with E-state index in [1.54, 1.807) is 16.8 Å². The van der Waals surface area contributed by atoms with Gasteiger partial charge in [-0.25, -0.2) is 4.98 Å². The third-order valence-corrected chi connectivity index (χ3v) is 7.16. The van der Waals surface area contributed by atoms with Gasteiger partial charge >= 0.3 is 0 Å². The number of pyridine rings is 1. The molecule has 0 unspecified atom stereocenters. The largest absolute Gasteiger partial charge is 0.441 e. The van der Waals surface area contributed by atoms with Gasteiger partial charge in [0.25, 0.3) is 5.56 Å². The van der Waals surface area contributed by atoms with Crippen molar-refractivity contribution < 1.29 is 4.42 Å². The molecule has 1 aliphatic heterocycles. The Hall–Kier alpha value is -3.90. The van der Waals surface area contributed by atoms with E-state index < -0.39 is 0 Å². The molecule has 4 aromatic rings. The zero-order valence-electron chi connectivity index (χ0n) is 19.7. The van der Waals surface area contributed by atoms with Crippen LogP contribution in [0.25, 0.3) is 22.0 Å². The maximum absolute atomic E-state index is 13.0. The lowest BCUT2D eigenvalue weighted by atomic mass is 10.2. The number of aromatic nitrogens is 3. The molecular formula is C26H27N7O2. The normalized spacial score (nSPS) is 17.3. The van der Waals surface area contributed by atoms with Crippen LogP contribution in [0.1, 0.15) is 37.3 Å². The summed E-state index contributed by atoms with van der Waals surface area (Å²) in [4.78, 5) is 26.8. The lowest BCUT2D eigenvalue weighted by molar-refractivity contribution is 0.307. The Balaban J connectivity index is 1.32. The molecule has 4 heterocycles. The van der Waals surface area contributed by atoms with Crippen LogP contribution in [0.5, 0.6) is 0 Å². The minimum Gasteiger partial charge on any atom is -0.441 e. The SMILES string of the molecule is CN1CCN(c2cc3cc(Nc4ncc5cc(C#N)c(=O)n(C6CCCC6)c5n4)ccc3o2)CC1. The van der Waals surface area contributed by atoms with Gasteiger partial charge in [-0.3, -0.25) is 9.36 Å². The quantitative estimate of drug-likeness (QED) is 0.478. The molecule has 0 amide bonds. The summed E-state index contributed by atoms with van der Waals surface area (Å²) in [5.74, 6) is 1.30. The van der Waals surface area contributed by atoms with E-state index in [2.05, 4.69) is 33.2 Å². The molecule has 2 aliphatic rings. The van der Waals surface area contributed by atoms with Crippen LogP contribution in [-0.2, 0) is 0 Å². The molecule has 1 N–H and O–H groups in total. The van der Waals surface area contributed by atoms with Crippen LogP contribution < -0.4 is 15.8 Å². The summed E-state index contributed by atoms with van der Waals surface area (Å²) < 4.78 is 7.80. The predicted molar refractivity (Wildman–Crippen MR) is 135 cm³/mol. The van der Waals surface area contributed by atoms with Crippen LogP contribution in [0.3, 0.4) is 0 Å². The summed E-state index contributed by atoms with van der Waals surface area (Å²) in [6.07, 6.45) is 5.67. The Bertz CT molecular complexity index is 1500. The maximum atomic E-state index is 13.0. The van der Waals surface area contributed by atoms with Crippen molar-refractivity contribution in [3.05, 3.63) is 52.4 Å². The average Bonchev–Trinajstić information content (AvgIpc) is 3.54. The molecule has 9 nitrogen and oxygen atoms in total. The summed E-state index contributed by atoms with van der Waals surface area (Å²) in [5.41, 5.74) is 2.11. The zero-order valence-corrected chi connectivity index (χ0v) is 19.7. The highest BCUT2D eigenvalue weighted by molar-refractivity contribution is 5.85. The van der Waals surface area contributed by atoms with Crippen molar-refractivity contribution in [2.75, 3.05) is 43.4 Å². The van der Waals surface area contributed by atoms with Gasteiger partial charge in [-0.15, -0.1) is 0 Å². The van der Waals surface area contributed by atoms with Gasteiger partial charge in [0.15, 0.2) is 5.88 Å². The van der Waals surface area contributed by atoms with Crippen molar-refractivity contribution >= 4 is 39.5 Å². The molecule has 2 fully saturated rings. The Morgan fingerprint density at radius 3 is 2.66 bits per heavy atom. The lowest BCUT2D eigenvalue weighted by Gasteiger charge is -2.32. The van der Waals surface area contributed by atoms with Crippen LogP contribution in [0, 0.1) is 11.3 Å². The Morgan fingerprint density at radius 1 is 1.09 bits per heavy atom. The number of fused-ring (bicyclic) bond motifs is 2. The van der Waals surface area contributed by atoms with Crippen molar-refractivity contribution in [1.82, 2.24) is 19.4 Å². The van der Waals surface area contributed by atoms with Crippen molar-refractivity contribution in [3.8, 4) is 6.07 Å². The smallest absolute Gasteiger partial charge is 0.270 e. The minimum absolute atomic E-state index is 0.0660. The molecule has 178 valence electrons. The number of piperazine rings is 1. The summed E-state index contributed by atoms with van der Waals surface area (Å²) in [6, 6.07) is 11.7. The minimum atomic E-state index is -0.271. The fourth-order valence-electron chi connectivity index (χ4n) is 5.18. The van der Waals surface area contributed by atoms with E-state index >= 15 is 0 Å². The molecule has 1 aromatic carbocycles. The average molecular weight is 470 g/mol. The van der Waals surface area contributed by atoms with Gasteiger partial charge < -0.3 is 19.5 Å². The Labute approximate surface area is 202 Å². The number of likely N-dealkylation sites (N-methyl/N-ethyl adjacent to an activating group) is 1. The first kappa shape index (κ1) is 21.6. The fourth-order valence-corrected chi connectivity index (χ4v) is 5.18. The molecule has 9 heteroatoms. The molecule has 1 aliphatic carbocycles. The second-order valence-corrected chi connectivity index (χ2v) is 9.51. The van der Waals surface area contributed by atoms with Gasteiger partial charge in [0.05, 0.1) is 0 Å². The molecule has 1 saturated carbocycles. The number of nitrogens with one attached hydrogen (secondary N) is 1. The number of rotatable bonds is 4. The van der Waals surface area contributed by atoms with E-state index in [4.69, 9.17) is 9.40 Å². The number of benzene rings is 1. The van der Waals surface area contributed by atoms with Gasteiger partial charge in [-0.2, -0.15) is 10.2 Å². The number of furan rings is 1. The molecular weight excluding hydrogens is 442 g/mol. The molecule has 1 saturated heterocycles. The first-order valence-corrected chi connectivity index (χ1v) is 12.2. The highest BCUT2D eigenvalue weighted by atomic mass is 16.4. The van der Waals surface area contributed by atoms with Crippen molar-refractivity contribution in [3.63, 3.8) is 0 Å². The van der Waals surface area contributed by atoms with Crippen LogP contribution in [0.2, 0.25) is 0 Å². The van der Waals surface area contributed by atoms with Gasteiger partial charge in [0.1, 0.15) is 22.9 Å². The standard InChI is InChI=1S/C26H27N7O2/c1-31-8-10-32(11-9-31)23-14-17-13-20(6-7-22(17)35-23)29-26-28-16-19-12-18(15-27)25(34)33(24(19)30-26)21-4-2-3-5-21/h6-7,12-14,16,21H,2-5,8-11H2,1H3,(H,28,29,30). The summed E-state index contributed by atoms with van der Waals surface area (Å²) in [5, 5.41) is 14.4. The van der Waals surface area contributed by atoms with Crippen LogP contribution >= 0.6 is 0 Å². The number of anilines is 3. The maximum Gasteiger partial charge on any atom is 0.270 e. The lowest BCUT2D eigenvalue weighted by Crippen LogP contribution is -2.44. The van der Waals surface area contributed by atoms with E-state index in [-0.39, 0.29) is 17.2 Å². The van der Waals surface area contributed by atoms with Gasteiger partial charge in [-0.05, 0) is 44.2 Å². The Morgan fingerprint density at radius 2 is 1.89 bits per heavy atom. The highest BCUT2D eigenvalue weighted by Crippen LogP contribution is 2.32. The third kappa shape index (κ3) is 4.00. The van der Waals surface area contributed by atoms with Gasteiger partial charge in [0.2, 0.25) is 5.95 Å². The van der Waals surface area contributed by atoms with Crippen LogP contribution in [-0.4, -0.2) is 52.7 Å². The topological polar surface area (TPSA) is 103 Å². The third-order valence-electron chi connectivity index (χ3n) is 7.16. The van der Waals surface area contributed by atoms with Crippen molar-refractivity contribution in [1.29, 1.82) is 5.26 Å². The fraction of sp³-hybridized carbons (Fsp3) is 0.385. The first-order valence-electron chi connectivity index (χ1n) is 12.2. The van der Waals surface area contributed by atoms with E-state index in [0.29, 0.717) is 17.0 Å². The van der Waals surface area contributed by atoms with Crippen molar-refractivity contribution in [2.24, 2.45) is 0 Å². The van der Waals surface area contributed by atoms with Crippen LogP contribution in [0.15, 0.2) is 45.7 Å². The van der Waals surface area contributed by atoms with E-state index in [0.717, 1.165) is 74.4 Å². The first-order chi connectivity index (χ1) is 17.1. The van der Waals surface area contributed by atoms with Gasteiger partial charge in [0, 0.05) is 60.9 Å². The van der Waals surface area contributed by atoms with E-state index in [1.165, 1.54) is 0 Å². The molecule has 0 spiro atoms. The number of hydrogen-bond acceptors (Lipinski definition) is 8. The zero-order chi connectivity index (χ0) is 23.9.